The summed E-state index contributed by atoms with van der Waals surface area (Å²) < 4.78 is 10.4. The number of hydrogen-bond donors (Lipinski definition) is 0. The van der Waals surface area contributed by atoms with Crippen molar-refractivity contribution >= 4 is 12.4 Å². The third-order valence-corrected chi connectivity index (χ3v) is 1.93. The van der Waals surface area contributed by atoms with Gasteiger partial charge >= 0.3 is 0 Å². The van der Waals surface area contributed by atoms with Gasteiger partial charge in [0.2, 0.25) is 6.29 Å². The number of para-hydroxylation sites is 1. The fourth-order valence-corrected chi connectivity index (χ4v) is 1.28. The van der Waals surface area contributed by atoms with Crippen molar-refractivity contribution < 1.29 is 14.3 Å². The zero-order chi connectivity index (χ0) is 11.1. The lowest BCUT2D eigenvalue weighted by Crippen LogP contribution is -1.92. The van der Waals surface area contributed by atoms with Gasteiger partial charge in [0.15, 0.2) is 11.5 Å². The molecule has 0 saturated carbocycles. The van der Waals surface area contributed by atoms with Gasteiger partial charge in [0.05, 0.1) is 14.2 Å². The molecule has 0 spiro atoms. The molecule has 0 atom stereocenters. The monoisotopic (exact) mass is 205 g/mol. The highest BCUT2D eigenvalue weighted by Gasteiger charge is 2.05. The van der Waals surface area contributed by atoms with E-state index in [2.05, 4.69) is 0 Å². The molecule has 1 radical (unpaired) electrons. The molecule has 0 aliphatic rings. The van der Waals surface area contributed by atoms with E-state index in [9.17, 15) is 4.79 Å². The van der Waals surface area contributed by atoms with Crippen LogP contribution in [0.1, 0.15) is 12.0 Å². The predicted molar refractivity (Wildman–Crippen MR) is 58.9 cm³/mol. The molecule has 0 aliphatic carbocycles. The molecule has 3 heteroatoms. The fraction of sp³-hybridized carbons (Fsp3) is 0.250. The second-order valence-electron chi connectivity index (χ2n) is 2.83. The van der Waals surface area contributed by atoms with E-state index in [0.29, 0.717) is 11.5 Å². The predicted octanol–water partition coefficient (Wildman–Crippen LogP) is 2.22. The number of carbonyl (C=O) groups excluding carboxylic acids is 1. The Morgan fingerprint density at radius 1 is 1.33 bits per heavy atom. The van der Waals surface area contributed by atoms with Crippen LogP contribution in [0.5, 0.6) is 11.5 Å². The van der Waals surface area contributed by atoms with E-state index in [0.717, 1.165) is 5.56 Å². The van der Waals surface area contributed by atoms with E-state index in [1.165, 1.54) is 0 Å². The summed E-state index contributed by atoms with van der Waals surface area (Å²) in [5.74, 6) is 1.34. The normalized spacial score (nSPS) is 10.3. The van der Waals surface area contributed by atoms with E-state index >= 15 is 0 Å². The molecule has 0 unspecified atom stereocenters. The number of hydrogen-bond acceptors (Lipinski definition) is 3. The number of rotatable bonds is 5. The highest BCUT2D eigenvalue weighted by atomic mass is 16.5. The minimum absolute atomic E-state index is 0.278. The van der Waals surface area contributed by atoms with Crippen LogP contribution in [0.25, 0.3) is 6.08 Å². The molecule has 0 amide bonds. The van der Waals surface area contributed by atoms with Crippen LogP contribution in [0.2, 0.25) is 0 Å². The first-order valence-corrected chi connectivity index (χ1v) is 4.56. The molecule has 0 fully saturated rings. The van der Waals surface area contributed by atoms with E-state index in [1.807, 2.05) is 24.3 Å². The van der Waals surface area contributed by atoms with Gasteiger partial charge in [0.25, 0.3) is 0 Å². The van der Waals surface area contributed by atoms with Crippen molar-refractivity contribution in [3.63, 3.8) is 0 Å². The summed E-state index contributed by atoms with van der Waals surface area (Å²) in [6.45, 7) is 0. The first-order chi connectivity index (χ1) is 7.33. The lowest BCUT2D eigenvalue weighted by atomic mass is 10.1. The quantitative estimate of drug-likeness (QED) is 0.739. The standard InChI is InChI=1S/C12H13O3/c1-14-11-8-5-7-10(12(11)15-2)6-3-4-9-13/h3,5-8H,4H2,1-2H3. The van der Waals surface area contributed by atoms with Crippen molar-refractivity contribution in [1.29, 1.82) is 0 Å². The summed E-state index contributed by atoms with van der Waals surface area (Å²) >= 11 is 0. The Labute approximate surface area is 89.3 Å². The number of ether oxygens (including phenoxy) is 2. The third-order valence-electron chi connectivity index (χ3n) is 1.93. The Hall–Kier alpha value is -1.77. The maximum Gasteiger partial charge on any atom is 0.202 e. The van der Waals surface area contributed by atoms with Crippen LogP contribution < -0.4 is 9.47 Å². The SMILES string of the molecule is COc1cccc(C=CC[C]=O)c1OC. The van der Waals surface area contributed by atoms with Crippen LogP contribution in [-0.2, 0) is 4.79 Å². The second-order valence-corrected chi connectivity index (χ2v) is 2.83. The topological polar surface area (TPSA) is 35.5 Å². The minimum atomic E-state index is 0.278. The highest BCUT2D eigenvalue weighted by Crippen LogP contribution is 2.31. The van der Waals surface area contributed by atoms with E-state index in [1.54, 1.807) is 26.6 Å². The van der Waals surface area contributed by atoms with Crippen LogP contribution in [-0.4, -0.2) is 20.5 Å². The summed E-state index contributed by atoms with van der Waals surface area (Å²) in [5.41, 5.74) is 0.882. The van der Waals surface area contributed by atoms with E-state index in [-0.39, 0.29) is 6.42 Å². The van der Waals surface area contributed by atoms with Gasteiger partial charge in [-0.25, -0.2) is 0 Å². The molecule has 1 aromatic rings. The lowest BCUT2D eigenvalue weighted by Gasteiger charge is -2.09. The van der Waals surface area contributed by atoms with Crippen LogP contribution in [0.4, 0.5) is 0 Å². The second kappa shape index (κ2) is 5.86. The Morgan fingerprint density at radius 3 is 2.73 bits per heavy atom. The van der Waals surface area contributed by atoms with Crippen molar-refractivity contribution in [2.24, 2.45) is 0 Å². The zero-order valence-corrected chi connectivity index (χ0v) is 8.82. The van der Waals surface area contributed by atoms with Crippen LogP contribution in [0, 0.1) is 0 Å². The Balaban J connectivity index is 3.00. The molecule has 0 aromatic heterocycles. The van der Waals surface area contributed by atoms with E-state index < -0.39 is 0 Å². The molecule has 79 valence electrons. The van der Waals surface area contributed by atoms with Crippen LogP contribution in [0.15, 0.2) is 24.3 Å². The van der Waals surface area contributed by atoms with Crippen molar-refractivity contribution in [3.05, 3.63) is 29.8 Å². The van der Waals surface area contributed by atoms with Gasteiger partial charge in [-0.2, -0.15) is 0 Å². The maximum absolute atomic E-state index is 10.0. The fourth-order valence-electron chi connectivity index (χ4n) is 1.28. The minimum Gasteiger partial charge on any atom is -0.493 e. The lowest BCUT2D eigenvalue weighted by molar-refractivity contribution is 0.354. The average molecular weight is 205 g/mol. The van der Waals surface area contributed by atoms with Crippen LogP contribution in [0.3, 0.4) is 0 Å². The molecule has 0 heterocycles. The van der Waals surface area contributed by atoms with Crippen molar-refractivity contribution in [2.45, 2.75) is 6.42 Å². The summed E-state index contributed by atoms with van der Waals surface area (Å²) in [6, 6.07) is 5.58. The molecule has 0 saturated heterocycles. The maximum atomic E-state index is 10.0. The molecule has 0 N–H and O–H groups in total. The molecule has 0 aliphatic heterocycles. The first kappa shape index (κ1) is 11.3. The van der Waals surface area contributed by atoms with Gasteiger partial charge in [-0.3, -0.25) is 4.79 Å². The average Bonchev–Trinajstić information content (AvgIpc) is 2.29. The Kier molecular flexibility index (Phi) is 4.41. The molecule has 1 rings (SSSR count). The van der Waals surface area contributed by atoms with Gasteiger partial charge < -0.3 is 9.47 Å². The molecule has 15 heavy (non-hydrogen) atoms. The summed E-state index contributed by atoms with van der Waals surface area (Å²) in [6.07, 6.45) is 5.61. The molecule has 0 bridgehead atoms. The van der Waals surface area contributed by atoms with Crippen molar-refractivity contribution in [3.8, 4) is 11.5 Å². The Morgan fingerprint density at radius 2 is 2.13 bits per heavy atom. The zero-order valence-electron chi connectivity index (χ0n) is 8.82. The smallest absolute Gasteiger partial charge is 0.202 e. The van der Waals surface area contributed by atoms with Crippen LogP contribution >= 0.6 is 0 Å². The van der Waals surface area contributed by atoms with Gasteiger partial charge in [0, 0.05) is 12.0 Å². The van der Waals surface area contributed by atoms with Crippen molar-refractivity contribution in [2.75, 3.05) is 14.2 Å². The van der Waals surface area contributed by atoms with Crippen molar-refractivity contribution in [1.82, 2.24) is 0 Å². The highest BCUT2D eigenvalue weighted by molar-refractivity contribution is 5.64. The van der Waals surface area contributed by atoms with Gasteiger partial charge in [-0.15, -0.1) is 0 Å². The summed E-state index contributed by atoms with van der Waals surface area (Å²) in [5, 5.41) is 0. The first-order valence-electron chi connectivity index (χ1n) is 4.56. The molecular weight excluding hydrogens is 192 g/mol. The van der Waals surface area contributed by atoms with E-state index in [4.69, 9.17) is 9.47 Å². The summed E-state index contributed by atoms with van der Waals surface area (Å²) in [7, 11) is 3.17. The molecule has 3 nitrogen and oxygen atoms in total. The largest absolute Gasteiger partial charge is 0.493 e. The van der Waals surface area contributed by atoms with Gasteiger partial charge in [-0.05, 0) is 6.07 Å². The summed E-state index contributed by atoms with van der Waals surface area (Å²) in [4.78, 5) is 10.0. The molecule has 1 aromatic carbocycles. The number of benzene rings is 1. The number of methoxy groups -OCH3 is 2. The van der Waals surface area contributed by atoms with Gasteiger partial charge in [-0.1, -0.05) is 24.3 Å². The molecular formula is C12H13O3. The number of allylic oxidation sites excluding steroid dienone is 1. The van der Waals surface area contributed by atoms with Gasteiger partial charge in [0.1, 0.15) is 0 Å². The third kappa shape index (κ3) is 2.84. The Bertz CT molecular complexity index is 356.